The third-order valence-electron chi connectivity index (χ3n) is 2.24. The Morgan fingerprint density at radius 1 is 1.47 bits per heavy atom. The molecule has 0 bridgehead atoms. The topological polar surface area (TPSA) is 83.8 Å². The molecule has 1 heterocycles. The van der Waals surface area contributed by atoms with Crippen molar-refractivity contribution < 1.29 is 24.5 Å². The summed E-state index contributed by atoms with van der Waals surface area (Å²) in [5, 5.41) is 17.8. The van der Waals surface area contributed by atoms with Gasteiger partial charge in [0, 0.05) is 6.08 Å². The molecule has 1 aliphatic heterocycles. The molecule has 0 saturated heterocycles. The number of rotatable bonds is 1. The molecule has 78 valence electrons. The third-order valence-corrected chi connectivity index (χ3v) is 2.24. The molecule has 0 fully saturated rings. The lowest BCUT2D eigenvalue weighted by Gasteiger charge is -2.27. The fourth-order valence-corrected chi connectivity index (χ4v) is 1.52. The van der Waals surface area contributed by atoms with E-state index in [1.807, 2.05) is 0 Å². The van der Waals surface area contributed by atoms with Crippen LogP contribution >= 0.6 is 0 Å². The van der Waals surface area contributed by atoms with Gasteiger partial charge in [0.2, 0.25) is 5.76 Å². The van der Waals surface area contributed by atoms with Crippen molar-refractivity contribution in [3.8, 4) is 0 Å². The standard InChI is InChI=1S/C10H8O5/c11-5-1-2-6-7(12)4-9(10(13)14)15-8(6)3-5/h1-4,6,8,11H,(H,13,14)/t6-,8+/m1/s1. The fraction of sp³-hybridized carbons (Fsp3) is 0.200. The summed E-state index contributed by atoms with van der Waals surface area (Å²) in [5.74, 6) is -2.58. The molecule has 5 nitrogen and oxygen atoms in total. The first-order valence-corrected chi connectivity index (χ1v) is 4.32. The van der Waals surface area contributed by atoms with E-state index in [-0.39, 0.29) is 17.3 Å². The number of carboxylic acid groups (broad SMARTS) is 1. The predicted octanol–water partition coefficient (Wildman–Crippen LogP) is 0.551. The number of aliphatic hydroxyl groups excluding tert-OH is 1. The number of carbonyl (C=O) groups is 2. The summed E-state index contributed by atoms with van der Waals surface area (Å²) in [6.45, 7) is 0. The minimum atomic E-state index is -1.29. The van der Waals surface area contributed by atoms with Crippen LogP contribution in [0, 0.1) is 5.92 Å². The molecule has 0 aromatic carbocycles. The highest BCUT2D eigenvalue weighted by molar-refractivity contribution is 6.01. The van der Waals surface area contributed by atoms with Crippen LogP contribution in [0.3, 0.4) is 0 Å². The molecule has 0 unspecified atom stereocenters. The molecule has 15 heavy (non-hydrogen) atoms. The van der Waals surface area contributed by atoms with Gasteiger partial charge < -0.3 is 14.9 Å². The first-order valence-electron chi connectivity index (χ1n) is 4.32. The summed E-state index contributed by atoms with van der Waals surface area (Å²) in [6, 6.07) is 0. The Balaban J connectivity index is 2.33. The zero-order valence-corrected chi connectivity index (χ0v) is 7.58. The Morgan fingerprint density at radius 3 is 2.87 bits per heavy atom. The molecule has 0 radical (unpaired) electrons. The van der Waals surface area contributed by atoms with E-state index in [9.17, 15) is 14.7 Å². The quantitative estimate of drug-likeness (QED) is 0.657. The molecule has 0 aromatic heterocycles. The molecule has 2 rings (SSSR count). The second kappa shape index (κ2) is 3.27. The van der Waals surface area contributed by atoms with Gasteiger partial charge in [0.05, 0.1) is 5.92 Å². The molecule has 5 heteroatoms. The van der Waals surface area contributed by atoms with Crippen LogP contribution in [-0.4, -0.2) is 28.1 Å². The Bertz CT molecular complexity index is 416. The Hall–Kier alpha value is -2.04. The maximum Gasteiger partial charge on any atom is 0.371 e. The van der Waals surface area contributed by atoms with Crippen LogP contribution in [0.4, 0.5) is 0 Å². The largest absolute Gasteiger partial charge is 0.508 e. The molecular formula is C10H8O5. The molecule has 2 aliphatic rings. The van der Waals surface area contributed by atoms with Crippen molar-refractivity contribution in [1.82, 2.24) is 0 Å². The number of carbonyl (C=O) groups excluding carboxylic acids is 1. The number of ether oxygens (including phenoxy) is 1. The molecular weight excluding hydrogens is 200 g/mol. The van der Waals surface area contributed by atoms with E-state index in [0.717, 1.165) is 6.08 Å². The van der Waals surface area contributed by atoms with Crippen LogP contribution in [0.25, 0.3) is 0 Å². The molecule has 2 N–H and O–H groups in total. The van der Waals surface area contributed by atoms with Gasteiger partial charge in [-0.15, -0.1) is 0 Å². The van der Waals surface area contributed by atoms with Gasteiger partial charge in [-0.25, -0.2) is 4.79 Å². The second-order valence-corrected chi connectivity index (χ2v) is 3.28. The second-order valence-electron chi connectivity index (χ2n) is 3.28. The number of aliphatic carboxylic acids is 1. The van der Waals surface area contributed by atoms with E-state index < -0.39 is 18.0 Å². The van der Waals surface area contributed by atoms with Crippen molar-refractivity contribution in [2.75, 3.05) is 0 Å². The summed E-state index contributed by atoms with van der Waals surface area (Å²) in [5.41, 5.74) is 0. The van der Waals surface area contributed by atoms with Crippen molar-refractivity contribution in [2.45, 2.75) is 6.10 Å². The molecule has 0 amide bonds. The minimum Gasteiger partial charge on any atom is -0.508 e. The number of ketones is 1. The van der Waals surface area contributed by atoms with Crippen molar-refractivity contribution in [2.24, 2.45) is 5.92 Å². The number of allylic oxidation sites excluding steroid dienone is 2. The van der Waals surface area contributed by atoms with Gasteiger partial charge in [-0.3, -0.25) is 4.79 Å². The lowest BCUT2D eigenvalue weighted by atomic mass is 9.90. The van der Waals surface area contributed by atoms with Crippen LogP contribution in [0.1, 0.15) is 0 Å². The third kappa shape index (κ3) is 1.63. The first kappa shape index (κ1) is 9.51. The zero-order valence-electron chi connectivity index (χ0n) is 7.58. The maximum atomic E-state index is 11.5. The van der Waals surface area contributed by atoms with Gasteiger partial charge in [0.15, 0.2) is 5.78 Å². The summed E-state index contributed by atoms with van der Waals surface area (Å²) in [4.78, 5) is 22.1. The van der Waals surface area contributed by atoms with Gasteiger partial charge in [-0.2, -0.15) is 0 Å². The van der Waals surface area contributed by atoms with Crippen LogP contribution in [-0.2, 0) is 14.3 Å². The summed E-state index contributed by atoms with van der Waals surface area (Å²) >= 11 is 0. The van der Waals surface area contributed by atoms with E-state index in [2.05, 4.69) is 0 Å². The number of carboxylic acids is 1. The smallest absolute Gasteiger partial charge is 0.371 e. The number of fused-ring (bicyclic) bond motifs is 1. The van der Waals surface area contributed by atoms with Crippen molar-refractivity contribution >= 4 is 11.8 Å². The van der Waals surface area contributed by atoms with Crippen molar-refractivity contribution in [3.05, 3.63) is 35.8 Å². The van der Waals surface area contributed by atoms with Crippen LogP contribution in [0.2, 0.25) is 0 Å². The highest BCUT2D eigenvalue weighted by atomic mass is 16.5. The van der Waals surface area contributed by atoms with Crippen molar-refractivity contribution in [1.29, 1.82) is 0 Å². The normalized spacial score (nSPS) is 28.7. The Kier molecular flexibility index (Phi) is 2.07. The molecule has 0 spiro atoms. The Labute approximate surface area is 85.0 Å². The van der Waals surface area contributed by atoms with Crippen LogP contribution in [0.15, 0.2) is 35.8 Å². The van der Waals surface area contributed by atoms with E-state index in [0.29, 0.717) is 0 Å². The van der Waals surface area contributed by atoms with Gasteiger partial charge >= 0.3 is 5.97 Å². The number of hydrogen-bond acceptors (Lipinski definition) is 4. The predicted molar refractivity (Wildman–Crippen MR) is 48.9 cm³/mol. The van der Waals surface area contributed by atoms with Crippen LogP contribution in [0.5, 0.6) is 0 Å². The number of aliphatic hydroxyl groups is 1. The monoisotopic (exact) mass is 208 g/mol. The Morgan fingerprint density at radius 2 is 2.20 bits per heavy atom. The van der Waals surface area contributed by atoms with Gasteiger partial charge in [0.25, 0.3) is 0 Å². The van der Waals surface area contributed by atoms with Gasteiger partial charge in [-0.1, -0.05) is 6.08 Å². The fourth-order valence-electron chi connectivity index (χ4n) is 1.52. The van der Waals surface area contributed by atoms with E-state index in [1.54, 1.807) is 0 Å². The van der Waals surface area contributed by atoms with Crippen molar-refractivity contribution in [3.63, 3.8) is 0 Å². The first-order chi connectivity index (χ1) is 7.08. The van der Waals surface area contributed by atoms with E-state index in [1.165, 1.54) is 18.2 Å². The molecule has 1 aliphatic carbocycles. The average Bonchev–Trinajstić information content (AvgIpc) is 2.16. The minimum absolute atomic E-state index is 0.0318. The van der Waals surface area contributed by atoms with Crippen LogP contribution < -0.4 is 0 Å². The molecule has 0 saturated carbocycles. The van der Waals surface area contributed by atoms with Gasteiger partial charge in [-0.05, 0) is 12.2 Å². The zero-order chi connectivity index (χ0) is 11.0. The van der Waals surface area contributed by atoms with Gasteiger partial charge in [0.1, 0.15) is 11.9 Å². The highest BCUT2D eigenvalue weighted by Crippen LogP contribution is 2.26. The SMILES string of the molecule is O=C(O)C1=CC(=O)[C@H]2C=CC(O)=C[C@@H]2O1. The average molecular weight is 208 g/mol. The lowest BCUT2D eigenvalue weighted by Crippen LogP contribution is -2.34. The molecule has 2 atom stereocenters. The number of hydrogen-bond donors (Lipinski definition) is 2. The molecule has 0 aromatic rings. The summed E-state index contributed by atoms with van der Waals surface area (Å²) in [7, 11) is 0. The summed E-state index contributed by atoms with van der Waals surface area (Å²) < 4.78 is 5.05. The maximum absolute atomic E-state index is 11.5. The summed E-state index contributed by atoms with van der Waals surface area (Å²) in [6.07, 6.45) is 4.45. The highest BCUT2D eigenvalue weighted by Gasteiger charge is 2.34. The lowest BCUT2D eigenvalue weighted by molar-refractivity contribution is -0.140. The van der Waals surface area contributed by atoms with E-state index >= 15 is 0 Å². The van der Waals surface area contributed by atoms with E-state index in [4.69, 9.17) is 9.84 Å².